The first-order valence-electron chi connectivity index (χ1n) is 9.24. The van der Waals surface area contributed by atoms with Gasteiger partial charge >= 0.3 is 6.03 Å². The van der Waals surface area contributed by atoms with Gasteiger partial charge in [0.25, 0.3) is 5.91 Å². The van der Waals surface area contributed by atoms with Crippen molar-refractivity contribution in [3.05, 3.63) is 76.3 Å². The number of para-hydroxylation sites is 1. The molecule has 1 saturated heterocycles. The number of carbonyl (C=O) groups is 2. The number of hydrogen-bond acceptors (Lipinski definition) is 3. The highest BCUT2D eigenvalue weighted by Crippen LogP contribution is 2.18. The first-order chi connectivity index (χ1) is 14.0. The topological polar surface area (TPSA) is 85.5 Å². The number of rotatable bonds is 2. The van der Waals surface area contributed by atoms with Crippen molar-refractivity contribution in [2.75, 3.05) is 31.5 Å². The fourth-order valence-corrected chi connectivity index (χ4v) is 3.40. The van der Waals surface area contributed by atoms with E-state index in [1.54, 1.807) is 28.0 Å². The fourth-order valence-electron chi connectivity index (χ4n) is 3.40. The van der Waals surface area contributed by atoms with Crippen LogP contribution in [0.3, 0.4) is 0 Å². The Morgan fingerprint density at radius 1 is 0.931 bits per heavy atom. The number of aromatic amines is 1. The molecule has 3 aromatic rings. The van der Waals surface area contributed by atoms with Crippen LogP contribution in [0.2, 0.25) is 0 Å². The Morgan fingerprint density at radius 2 is 1.59 bits per heavy atom. The number of fused-ring (bicyclic) bond motifs is 1. The van der Waals surface area contributed by atoms with Crippen LogP contribution in [0.25, 0.3) is 10.9 Å². The van der Waals surface area contributed by atoms with Gasteiger partial charge in [0.1, 0.15) is 5.82 Å². The third-order valence-electron chi connectivity index (χ3n) is 4.93. The van der Waals surface area contributed by atoms with Crippen molar-refractivity contribution in [1.29, 1.82) is 0 Å². The van der Waals surface area contributed by atoms with Crippen molar-refractivity contribution in [1.82, 2.24) is 14.8 Å². The molecule has 1 aliphatic heterocycles. The molecule has 0 saturated carbocycles. The molecule has 29 heavy (non-hydrogen) atoms. The molecule has 148 valence electrons. The van der Waals surface area contributed by atoms with Crippen molar-refractivity contribution in [3.8, 4) is 0 Å². The molecule has 1 aliphatic rings. The minimum Gasteiger partial charge on any atom is -0.335 e. The summed E-state index contributed by atoms with van der Waals surface area (Å²) < 4.78 is 13.0. The summed E-state index contributed by atoms with van der Waals surface area (Å²) in [5, 5.41) is 3.41. The van der Waals surface area contributed by atoms with Crippen molar-refractivity contribution in [3.63, 3.8) is 0 Å². The van der Waals surface area contributed by atoms with Gasteiger partial charge < -0.3 is 20.1 Å². The highest BCUT2D eigenvalue weighted by Gasteiger charge is 2.26. The summed E-state index contributed by atoms with van der Waals surface area (Å²) in [6, 6.07) is 13.7. The lowest BCUT2D eigenvalue weighted by molar-refractivity contribution is 0.0673. The zero-order valence-electron chi connectivity index (χ0n) is 15.5. The molecule has 4 rings (SSSR count). The maximum atomic E-state index is 13.0. The smallest absolute Gasteiger partial charge is 0.321 e. The molecule has 3 amide bonds. The number of aromatic nitrogens is 1. The third-order valence-corrected chi connectivity index (χ3v) is 4.93. The molecule has 7 nitrogen and oxygen atoms in total. The molecular weight excluding hydrogens is 375 g/mol. The minimum absolute atomic E-state index is 0.231. The van der Waals surface area contributed by atoms with Gasteiger partial charge in [0.15, 0.2) is 0 Å². The first kappa shape index (κ1) is 18.7. The van der Waals surface area contributed by atoms with Crippen molar-refractivity contribution < 1.29 is 14.0 Å². The zero-order valence-corrected chi connectivity index (χ0v) is 15.5. The number of amides is 3. The van der Waals surface area contributed by atoms with Crippen molar-refractivity contribution >= 4 is 28.5 Å². The first-order valence-corrected chi connectivity index (χ1v) is 9.24. The summed E-state index contributed by atoms with van der Waals surface area (Å²) in [5.41, 5.74) is 1.14. The van der Waals surface area contributed by atoms with E-state index in [2.05, 4.69) is 10.3 Å². The highest BCUT2D eigenvalue weighted by atomic mass is 19.1. The summed E-state index contributed by atoms with van der Waals surface area (Å²) in [5.74, 6) is -0.603. The maximum Gasteiger partial charge on any atom is 0.321 e. The van der Waals surface area contributed by atoms with Crippen LogP contribution in [0.4, 0.5) is 14.9 Å². The summed E-state index contributed by atoms with van der Waals surface area (Å²) in [6.07, 6.45) is 0. The molecule has 0 spiro atoms. The van der Waals surface area contributed by atoms with E-state index < -0.39 is 0 Å². The van der Waals surface area contributed by atoms with E-state index in [0.717, 1.165) is 0 Å². The van der Waals surface area contributed by atoms with Crippen LogP contribution in [0, 0.1) is 5.82 Å². The summed E-state index contributed by atoms with van der Waals surface area (Å²) in [7, 11) is 0. The molecule has 2 heterocycles. The molecule has 1 aromatic heterocycles. The zero-order chi connectivity index (χ0) is 20.4. The molecule has 0 radical (unpaired) electrons. The second-order valence-electron chi connectivity index (χ2n) is 6.81. The monoisotopic (exact) mass is 394 g/mol. The molecular formula is C21H19FN4O3. The molecule has 0 aliphatic carbocycles. The van der Waals surface area contributed by atoms with Crippen LogP contribution in [-0.4, -0.2) is 52.9 Å². The average molecular weight is 394 g/mol. The lowest BCUT2D eigenvalue weighted by Crippen LogP contribution is -2.51. The second kappa shape index (κ2) is 7.75. The van der Waals surface area contributed by atoms with Crippen molar-refractivity contribution in [2.45, 2.75) is 0 Å². The minimum atomic E-state index is -0.373. The van der Waals surface area contributed by atoms with Gasteiger partial charge in [-0.25, -0.2) is 9.18 Å². The van der Waals surface area contributed by atoms with Gasteiger partial charge in [0.05, 0.1) is 5.56 Å². The predicted molar refractivity (Wildman–Crippen MR) is 107 cm³/mol. The van der Waals surface area contributed by atoms with E-state index in [1.165, 1.54) is 30.3 Å². The number of H-pyrrole nitrogens is 1. The molecule has 0 bridgehead atoms. The second-order valence-corrected chi connectivity index (χ2v) is 6.81. The Labute approximate surface area is 165 Å². The van der Waals surface area contributed by atoms with E-state index in [4.69, 9.17) is 0 Å². The normalized spacial score (nSPS) is 14.1. The highest BCUT2D eigenvalue weighted by molar-refractivity contribution is 6.06. The molecule has 0 atom stereocenters. The maximum absolute atomic E-state index is 13.0. The number of carbonyl (C=O) groups excluding carboxylic acids is 2. The third kappa shape index (κ3) is 3.96. The van der Waals surface area contributed by atoms with E-state index in [0.29, 0.717) is 48.3 Å². The van der Waals surface area contributed by atoms with Gasteiger partial charge in [0.2, 0.25) is 5.56 Å². The number of piperazine rings is 1. The fraction of sp³-hybridized carbons (Fsp3) is 0.190. The van der Waals surface area contributed by atoms with Gasteiger partial charge in [-0.15, -0.1) is 0 Å². The molecule has 2 N–H and O–H groups in total. The van der Waals surface area contributed by atoms with Crippen LogP contribution in [0.1, 0.15) is 10.4 Å². The summed E-state index contributed by atoms with van der Waals surface area (Å²) in [4.78, 5) is 43.3. The van der Waals surface area contributed by atoms with Gasteiger partial charge in [-0.1, -0.05) is 18.2 Å². The number of nitrogens with one attached hydrogen (secondary N) is 2. The standard InChI is InChI=1S/C21H19FN4O3/c22-14-5-7-15(8-6-14)23-21(29)26-11-9-25(10-12-26)20(28)17-13-19(27)24-18-4-2-1-3-16(17)18/h1-8,13H,9-12H2,(H,23,29)(H,24,27). The van der Waals surface area contributed by atoms with Crippen LogP contribution in [-0.2, 0) is 0 Å². The quantitative estimate of drug-likeness (QED) is 0.701. The van der Waals surface area contributed by atoms with Gasteiger partial charge in [0, 0.05) is 48.8 Å². The predicted octanol–water partition coefficient (Wildman–Crippen LogP) is 2.66. The van der Waals surface area contributed by atoms with Crippen LogP contribution in [0.15, 0.2) is 59.4 Å². The average Bonchev–Trinajstić information content (AvgIpc) is 2.74. The summed E-state index contributed by atoms with van der Waals surface area (Å²) >= 11 is 0. The number of benzene rings is 2. The lowest BCUT2D eigenvalue weighted by atomic mass is 10.1. The molecule has 0 unspecified atom stereocenters. The molecule has 1 fully saturated rings. The number of nitrogens with zero attached hydrogens (tertiary/aromatic N) is 2. The number of halogens is 1. The number of hydrogen-bond donors (Lipinski definition) is 2. The van der Waals surface area contributed by atoms with Crippen LogP contribution in [0.5, 0.6) is 0 Å². The largest absolute Gasteiger partial charge is 0.335 e. The Bertz CT molecular complexity index is 1120. The lowest BCUT2D eigenvalue weighted by Gasteiger charge is -2.34. The number of pyridine rings is 1. The van der Waals surface area contributed by atoms with Gasteiger partial charge in [-0.05, 0) is 30.3 Å². The Hall–Kier alpha value is -3.68. The van der Waals surface area contributed by atoms with Gasteiger partial charge in [-0.2, -0.15) is 0 Å². The molecule has 2 aromatic carbocycles. The van der Waals surface area contributed by atoms with E-state index in [-0.39, 0.29) is 23.3 Å². The SMILES string of the molecule is O=C(Nc1ccc(F)cc1)N1CCN(C(=O)c2cc(=O)[nH]c3ccccc23)CC1. The van der Waals surface area contributed by atoms with Gasteiger partial charge in [-0.3, -0.25) is 9.59 Å². The van der Waals surface area contributed by atoms with Crippen LogP contribution < -0.4 is 10.9 Å². The van der Waals surface area contributed by atoms with Crippen LogP contribution >= 0.6 is 0 Å². The van der Waals surface area contributed by atoms with E-state index >= 15 is 0 Å². The molecule has 8 heteroatoms. The Morgan fingerprint density at radius 3 is 2.31 bits per heavy atom. The Balaban J connectivity index is 1.43. The Kier molecular flexibility index (Phi) is 4.99. The number of urea groups is 1. The number of anilines is 1. The summed E-state index contributed by atoms with van der Waals surface area (Å²) in [6.45, 7) is 1.44. The van der Waals surface area contributed by atoms with E-state index in [1.807, 2.05) is 6.07 Å². The van der Waals surface area contributed by atoms with E-state index in [9.17, 15) is 18.8 Å². The van der Waals surface area contributed by atoms with Crippen molar-refractivity contribution in [2.24, 2.45) is 0 Å².